The Hall–Kier alpha value is -1.43. The van der Waals surface area contributed by atoms with Crippen LogP contribution in [0.3, 0.4) is 0 Å². The Bertz CT molecular complexity index is 417. The molecule has 0 bridgehead atoms. The van der Waals surface area contributed by atoms with Gasteiger partial charge in [0.05, 0.1) is 5.01 Å². The number of amides is 1. The Balaban J connectivity index is 2.28. The Morgan fingerprint density at radius 1 is 1.56 bits per heavy atom. The number of carbonyl (C=O) groups excluding carboxylic acids is 1. The highest BCUT2D eigenvalue weighted by Crippen LogP contribution is 2.10. The van der Waals surface area contributed by atoms with Crippen molar-refractivity contribution in [1.29, 1.82) is 0 Å². The maximum absolute atomic E-state index is 11.5. The summed E-state index contributed by atoms with van der Waals surface area (Å²) in [7, 11) is 0. The van der Waals surface area contributed by atoms with E-state index in [9.17, 15) is 9.59 Å². The molecule has 0 aromatic carbocycles. The summed E-state index contributed by atoms with van der Waals surface area (Å²) in [6.07, 6.45) is 2.10. The second-order valence-corrected chi connectivity index (χ2v) is 5.19. The fraction of sp³-hybridized carbons (Fsp3) is 0.583. The first-order chi connectivity index (χ1) is 8.52. The van der Waals surface area contributed by atoms with E-state index in [2.05, 4.69) is 17.2 Å². The second-order valence-electron chi connectivity index (χ2n) is 4.25. The molecule has 0 aliphatic carbocycles. The van der Waals surface area contributed by atoms with E-state index >= 15 is 0 Å². The number of aromatic nitrogens is 1. The quantitative estimate of drug-likeness (QED) is 0.793. The molecule has 1 unspecified atom stereocenters. The Morgan fingerprint density at radius 2 is 2.28 bits per heavy atom. The zero-order valence-electron chi connectivity index (χ0n) is 10.6. The number of carbonyl (C=O) groups is 2. The molecule has 100 valence electrons. The summed E-state index contributed by atoms with van der Waals surface area (Å²) in [5.41, 5.74) is 0.0703. The number of hydrogen-bond acceptors (Lipinski definition) is 4. The van der Waals surface area contributed by atoms with E-state index in [1.54, 1.807) is 0 Å². The van der Waals surface area contributed by atoms with Crippen molar-refractivity contribution in [2.75, 3.05) is 6.54 Å². The van der Waals surface area contributed by atoms with Gasteiger partial charge in [0, 0.05) is 24.8 Å². The van der Waals surface area contributed by atoms with Gasteiger partial charge in [-0.1, -0.05) is 20.3 Å². The third kappa shape index (κ3) is 4.83. The third-order valence-corrected chi connectivity index (χ3v) is 3.57. The SMILES string of the molecule is CCC(C)CC(=O)NCCc1nc(C(=O)O)cs1. The highest BCUT2D eigenvalue weighted by molar-refractivity contribution is 7.09. The first-order valence-electron chi connectivity index (χ1n) is 5.97. The van der Waals surface area contributed by atoms with Crippen LogP contribution in [0.4, 0.5) is 0 Å². The summed E-state index contributed by atoms with van der Waals surface area (Å²) in [6, 6.07) is 0. The minimum atomic E-state index is -1.02. The fourth-order valence-corrected chi connectivity index (χ4v) is 2.14. The largest absolute Gasteiger partial charge is 0.476 e. The minimum Gasteiger partial charge on any atom is -0.476 e. The normalized spacial score (nSPS) is 12.1. The summed E-state index contributed by atoms with van der Waals surface area (Å²) < 4.78 is 0. The van der Waals surface area contributed by atoms with Crippen molar-refractivity contribution in [2.24, 2.45) is 5.92 Å². The van der Waals surface area contributed by atoms with E-state index < -0.39 is 5.97 Å². The molecule has 0 radical (unpaired) electrons. The Kier molecular flexibility index (Phi) is 5.77. The average Bonchev–Trinajstić information content (AvgIpc) is 2.77. The van der Waals surface area contributed by atoms with Crippen molar-refractivity contribution in [1.82, 2.24) is 10.3 Å². The van der Waals surface area contributed by atoms with Gasteiger partial charge in [0.25, 0.3) is 0 Å². The molecule has 6 heteroatoms. The van der Waals surface area contributed by atoms with Crippen LogP contribution in [0.25, 0.3) is 0 Å². The third-order valence-electron chi connectivity index (χ3n) is 2.66. The average molecular weight is 270 g/mol. The molecule has 2 N–H and O–H groups in total. The van der Waals surface area contributed by atoms with E-state index in [-0.39, 0.29) is 11.6 Å². The van der Waals surface area contributed by atoms with Crippen LogP contribution in [-0.2, 0) is 11.2 Å². The monoisotopic (exact) mass is 270 g/mol. The van der Waals surface area contributed by atoms with Crippen molar-refractivity contribution in [3.05, 3.63) is 16.1 Å². The van der Waals surface area contributed by atoms with Gasteiger partial charge in [0.2, 0.25) is 5.91 Å². The van der Waals surface area contributed by atoms with E-state index in [4.69, 9.17) is 5.11 Å². The van der Waals surface area contributed by atoms with Gasteiger partial charge in [-0.3, -0.25) is 4.79 Å². The van der Waals surface area contributed by atoms with Crippen molar-refractivity contribution < 1.29 is 14.7 Å². The van der Waals surface area contributed by atoms with Crippen LogP contribution >= 0.6 is 11.3 Å². The van der Waals surface area contributed by atoms with Crippen LogP contribution < -0.4 is 5.32 Å². The molecule has 0 fully saturated rings. The molecule has 0 aliphatic heterocycles. The summed E-state index contributed by atoms with van der Waals surface area (Å²) in [4.78, 5) is 26.1. The lowest BCUT2D eigenvalue weighted by molar-refractivity contribution is -0.121. The van der Waals surface area contributed by atoms with Gasteiger partial charge in [-0.25, -0.2) is 9.78 Å². The molecule has 5 nitrogen and oxygen atoms in total. The molecule has 1 atom stereocenters. The van der Waals surface area contributed by atoms with Crippen LogP contribution in [0.1, 0.15) is 42.2 Å². The van der Waals surface area contributed by atoms with Gasteiger partial charge in [-0.2, -0.15) is 0 Å². The molecule has 0 spiro atoms. The standard InChI is InChI=1S/C12H18N2O3S/c1-3-8(2)6-10(15)13-5-4-11-14-9(7-18-11)12(16)17/h7-8H,3-6H2,1-2H3,(H,13,15)(H,16,17). The number of hydrogen-bond donors (Lipinski definition) is 2. The van der Waals surface area contributed by atoms with Gasteiger partial charge in [0.15, 0.2) is 5.69 Å². The van der Waals surface area contributed by atoms with Crippen molar-refractivity contribution in [3.8, 4) is 0 Å². The first kappa shape index (κ1) is 14.6. The molecule has 0 saturated carbocycles. The van der Waals surface area contributed by atoms with Crippen LogP contribution in [0.2, 0.25) is 0 Å². The maximum atomic E-state index is 11.5. The first-order valence-corrected chi connectivity index (χ1v) is 6.85. The van der Waals surface area contributed by atoms with Gasteiger partial charge in [-0.15, -0.1) is 11.3 Å². The maximum Gasteiger partial charge on any atom is 0.355 e. The van der Waals surface area contributed by atoms with Gasteiger partial charge < -0.3 is 10.4 Å². The van der Waals surface area contributed by atoms with Crippen LogP contribution in [0.15, 0.2) is 5.38 Å². The number of rotatable bonds is 7. The molecule has 1 amide bonds. The van der Waals surface area contributed by atoms with Crippen molar-refractivity contribution >= 4 is 23.2 Å². The highest BCUT2D eigenvalue weighted by atomic mass is 32.1. The number of nitrogens with one attached hydrogen (secondary N) is 1. The molecule has 0 aliphatic rings. The molecule has 1 rings (SSSR count). The zero-order valence-corrected chi connectivity index (χ0v) is 11.4. The fourth-order valence-electron chi connectivity index (χ4n) is 1.37. The minimum absolute atomic E-state index is 0.0411. The number of aromatic carboxylic acids is 1. The molecular weight excluding hydrogens is 252 g/mol. The molecule has 1 heterocycles. The summed E-state index contributed by atoms with van der Waals surface area (Å²) in [5.74, 6) is -0.582. The van der Waals surface area contributed by atoms with Crippen LogP contribution in [-0.4, -0.2) is 28.5 Å². The number of nitrogens with zero attached hydrogens (tertiary/aromatic N) is 1. The lowest BCUT2D eigenvalue weighted by Crippen LogP contribution is -2.27. The van der Waals surface area contributed by atoms with Crippen molar-refractivity contribution in [3.63, 3.8) is 0 Å². The number of carboxylic acids is 1. The lowest BCUT2D eigenvalue weighted by atomic mass is 10.1. The Labute approximate surface area is 110 Å². The number of carboxylic acid groups (broad SMARTS) is 1. The molecule has 18 heavy (non-hydrogen) atoms. The molecule has 1 aromatic heterocycles. The van der Waals surface area contributed by atoms with Crippen molar-refractivity contribution in [2.45, 2.75) is 33.1 Å². The summed E-state index contributed by atoms with van der Waals surface area (Å²) in [5, 5.41) is 13.8. The Morgan fingerprint density at radius 3 is 2.83 bits per heavy atom. The van der Waals surface area contributed by atoms with E-state index in [1.807, 2.05) is 6.92 Å². The topological polar surface area (TPSA) is 79.3 Å². The summed E-state index contributed by atoms with van der Waals surface area (Å²) >= 11 is 1.30. The van der Waals surface area contributed by atoms with E-state index in [0.29, 0.717) is 25.3 Å². The van der Waals surface area contributed by atoms with E-state index in [0.717, 1.165) is 11.4 Å². The van der Waals surface area contributed by atoms with Gasteiger partial charge >= 0.3 is 5.97 Å². The smallest absolute Gasteiger partial charge is 0.355 e. The zero-order chi connectivity index (χ0) is 13.5. The van der Waals surface area contributed by atoms with E-state index in [1.165, 1.54) is 16.7 Å². The number of thiazole rings is 1. The molecular formula is C12H18N2O3S. The lowest BCUT2D eigenvalue weighted by Gasteiger charge is -2.08. The molecule has 0 saturated heterocycles. The van der Waals surface area contributed by atoms with Crippen LogP contribution in [0, 0.1) is 5.92 Å². The second kappa shape index (κ2) is 7.10. The molecule has 1 aromatic rings. The van der Waals surface area contributed by atoms with Crippen LogP contribution in [0.5, 0.6) is 0 Å². The van der Waals surface area contributed by atoms with Gasteiger partial charge in [0.1, 0.15) is 0 Å². The summed E-state index contributed by atoms with van der Waals surface area (Å²) in [6.45, 7) is 4.60. The predicted molar refractivity (Wildman–Crippen MR) is 69.9 cm³/mol. The predicted octanol–water partition coefficient (Wildman–Crippen LogP) is 1.94. The van der Waals surface area contributed by atoms with Gasteiger partial charge in [-0.05, 0) is 5.92 Å². The highest BCUT2D eigenvalue weighted by Gasteiger charge is 2.09.